The molecular weight excluding hydrogens is 491 g/mol. The van der Waals surface area contributed by atoms with Crippen LogP contribution in [0.5, 0.6) is 0 Å². The van der Waals surface area contributed by atoms with Crippen molar-refractivity contribution >= 4 is 44.8 Å². The fraction of sp³-hybridized carbons (Fsp3) is 0.269. The van der Waals surface area contributed by atoms with Gasteiger partial charge < -0.3 is 5.32 Å². The molecule has 34 heavy (non-hydrogen) atoms. The number of halogens is 2. The first-order valence-corrected chi connectivity index (χ1v) is 13.4. The number of nitrogens with zero attached hydrogens (tertiary/aromatic N) is 1. The Bertz CT molecular complexity index is 1300. The van der Waals surface area contributed by atoms with Crippen LogP contribution in [-0.2, 0) is 27.7 Å². The first-order valence-electron chi connectivity index (χ1n) is 11.2. The van der Waals surface area contributed by atoms with Crippen molar-refractivity contribution in [1.29, 1.82) is 0 Å². The van der Waals surface area contributed by atoms with Gasteiger partial charge in [-0.05, 0) is 73.6 Å². The molecule has 1 N–H and O–H groups in total. The maximum atomic E-state index is 13.5. The molecule has 3 aromatic carbocycles. The Kier molecular flexibility index (Phi) is 7.51. The van der Waals surface area contributed by atoms with E-state index in [9.17, 15) is 13.2 Å². The number of amides is 1. The molecule has 0 fully saturated rings. The van der Waals surface area contributed by atoms with E-state index >= 15 is 0 Å². The number of anilines is 1. The van der Waals surface area contributed by atoms with Crippen molar-refractivity contribution in [1.82, 2.24) is 5.32 Å². The molecule has 0 bridgehead atoms. The zero-order chi connectivity index (χ0) is 24.3. The third-order valence-corrected chi connectivity index (χ3v) is 8.65. The highest BCUT2D eigenvalue weighted by molar-refractivity contribution is 7.92. The maximum absolute atomic E-state index is 13.5. The van der Waals surface area contributed by atoms with E-state index in [1.165, 1.54) is 42.2 Å². The fourth-order valence-electron chi connectivity index (χ4n) is 4.23. The number of sulfonamides is 1. The summed E-state index contributed by atoms with van der Waals surface area (Å²) >= 11 is 12.5. The van der Waals surface area contributed by atoms with Gasteiger partial charge in [0.15, 0.2) is 0 Å². The predicted molar refractivity (Wildman–Crippen MR) is 137 cm³/mol. The van der Waals surface area contributed by atoms with E-state index in [1.54, 1.807) is 30.3 Å². The number of nitrogens with one attached hydrogen (secondary N) is 1. The zero-order valence-electron chi connectivity index (χ0n) is 18.8. The van der Waals surface area contributed by atoms with Crippen molar-refractivity contribution < 1.29 is 13.2 Å². The minimum absolute atomic E-state index is 0.0570. The second-order valence-electron chi connectivity index (χ2n) is 8.42. The number of hydrogen-bond donors (Lipinski definition) is 1. The predicted octanol–water partition coefficient (Wildman–Crippen LogP) is 5.94. The van der Waals surface area contributed by atoms with E-state index < -0.39 is 22.5 Å². The van der Waals surface area contributed by atoms with E-state index in [2.05, 4.69) is 17.4 Å². The highest BCUT2D eigenvalue weighted by atomic mass is 35.5. The van der Waals surface area contributed by atoms with Crippen LogP contribution in [-0.4, -0.2) is 20.9 Å². The van der Waals surface area contributed by atoms with Crippen LogP contribution in [0.15, 0.2) is 71.6 Å². The van der Waals surface area contributed by atoms with Gasteiger partial charge in [0.2, 0.25) is 5.91 Å². The third kappa shape index (κ3) is 5.24. The summed E-state index contributed by atoms with van der Waals surface area (Å²) in [6, 6.07) is 18.7. The lowest BCUT2D eigenvalue weighted by atomic mass is 9.89. The standard InChI is InChI=1S/C26H26Cl2N2O3S/c1-18(20-15-14-19-8-5-6-9-21(19)16-20)29-25(31)17-30(24-13-7-12-23(27)26(24)28)34(32,33)22-10-3-2-4-11-22/h2-4,7,10-16,18H,5-6,8-9,17H2,1H3,(H,29,31)/t18-/m0/s1. The summed E-state index contributed by atoms with van der Waals surface area (Å²) in [4.78, 5) is 13.1. The van der Waals surface area contributed by atoms with Crippen molar-refractivity contribution in [2.75, 3.05) is 10.8 Å². The van der Waals surface area contributed by atoms with Gasteiger partial charge in [-0.3, -0.25) is 9.10 Å². The Morgan fingerprint density at radius 2 is 1.68 bits per heavy atom. The summed E-state index contributed by atoms with van der Waals surface area (Å²) < 4.78 is 28.0. The van der Waals surface area contributed by atoms with Crippen molar-refractivity contribution in [3.63, 3.8) is 0 Å². The van der Waals surface area contributed by atoms with Gasteiger partial charge in [0.1, 0.15) is 6.54 Å². The van der Waals surface area contributed by atoms with Crippen LogP contribution in [0.3, 0.4) is 0 Å². The maximum Gasteiger partial charge on any atom is 0.264 e. The van der Waals surface area contributed by atoms with Crippen molar-refractivity contribution in [2.24, 2.45) is 0 Å². The third-order valence-electron chi connectivity index (χ3n) is 6.07. The lowest BCUT2D eigenvalue weighted by Gasteiger charge is -2.26. The van der Waals surface area contributed by atoms with Crippen LogP contribution in [0, 0.1) is 0 Å². The number of aryl methyl sites for hydroxylation is 2. The average Bonchev–Trinajstić information content (AvgIpc) is 2.84. The quantitative estimate of drug-likeness (QED) is 0.422. The van der Waals surface area contributed by atoms with E-state index in [1.807, 2.05) is 13.0 Å². The molecule has 0 radical (unpaired) electrons. The van der Waals surface area contributed by atoms with Gasteiger partial charge in [0.25, 0.3) is 10.0 Å². The summed E-state index contributed by atoms with van der Waals surface area (Å²) in [6.45, 7) is 1.46. The normalized spacial score (nSPS) is 14.2. The molecule has 0 aliphatic heterocycles. The second kappa shape index (κ2) is 10.4. The monoisotopic (exact) mass is 516 g/mol. The summed E-state index contributed by atoms with van der Waals surface area (Å²) in [6.07, 6.45) is 4.50. The number of rotatable bonds is 7. The molecule has 0 unspecified atom stereocenters. The van der Waals surface area contributed by atoms with Crippen LogP contribution >= 0.6 is 23.2 Å². The van der Waals surface area contributed by atoms with Crippen molar-refractivity contribution in [3.8, 4) is 0 Å². The Labute approximate surface area is 210 Å². The molecule has 0 aromatic heterocycles. The van der Waals surface area contributed by atoms with E-state index in [4.69, 9.17) is 23.2 Å². The molecule has 3 aromatic rings. The molecule has 1 amide bonds. The largest absolute Gasteiger partial charge is 0.348 e. The van der Waals surface area contributed by atoms with Gasteiger partial charge in [0.05, 0.1) is 26.7 Å². The smallest absolute Gasteiger partial charge is 0.264 e. The van der Waals surface area contributed by atoms with Gasteiger partial charge >= 0.3 is 0 Å². The van der Waals surface area contributed by atoms with Crippen LogP contribution < -0.4 is 9.62 Å². The summed E-state index contributed by atoms with van der Waals surface area (Å²) in [7, 11) is -4.07. The van der Waals surface area contributed by atoms with Crippen LogP contribution in [0.1, 0.15) is 42.5 Å². The number of carbonyl (C=O) groups excluding carboxylic acids is 1. The molecule has 8 heteroatoms. The van der Waals surface area contributed by atoms with Gasteiger partial charge in [-0.1, -0.05) is 65.7 Å². The van der Waals surface area contributed by atoms with Gasteiger partial charge in [0, 0.05) is 0 Å². The molecule has 178 valence electrons. The minimum Gasteiger partial charge on any atom is -0.348 e. The Balaban J connectivity index is 1.60. The van der Waals surface area contributed by atoms with Gasteiger partial charge in [-0.2, -0.15) is 0 Å². The molecule has 4 rings (SSSR count). The second-order valence-corrected chi connectivity index (χ2v) is 11.1. The summed E-state index contributed by atoms with van der Waals surface area (Å²) in [5, 5.41) is 3.21. The van der Waals surface area contributed by atoms with E-state index in [-0.39, 0.29) is 26.7 Å². The first kappa shape index (κ1) is 24.6. The topological polar surface area (TPSA) is 66.5 Å². The molecule has 1 aliphatic rings. The molecule has 0 spiro atoms. The summed E-state index contributed by atoms with van der Waals surface area (Å²) in [5.41, 5.74) is 3.83. The molecule has 0 saturated carbocycles. The highest BCUT2D eigenvalue weighted by Gasteiger charge is 2.29. The summed E-state index contributed by atoms with van der Waals surface area (Å²) in [5.74, 6) is -0.444. The lowest BCUT2D eigenvalue weighted by Crippen LogP contribution is -2.41. The number of fused-ring (bicyclic) bond motifs is 1. The van der Waals surface area contributed by atoms with Crippen LogP contribution in [0.2, 0.25) is 10.0 Å². The zero-order valence-corrected chi connectivity index (χ0v) is 21.1. The number of benzene rings is 3. The Morgan fingerprint density at radius 3 is 2.41 bits per heavy atom. The molecule has 0 saturated heterocycles. The van der Waals surface area contributed by atoms with Gasteiger partial charge in [-0.15, -0.1) is 0 Å². The van der Waals surface area contributed by atoms with E-state index in [0.717, 1.165) is 22.7 Å². The SMILES string of the molecule is C[C@H](NC(=O)CN(c1cccc(Cl)c1Cl)S(=O)(=O)c1ccccc1)c1ccc2c(c1)CCCC2. The Hall–Kier alpha value is -2.54. The van der Waals surface area contributed by atoms with Crippen LogP contribution in [0.25, 0.3) is 0 Å². The minimum atomic E-state index is -4.07. The number of carbonyl (C=O) groups is 1. The fourth-order valence-corrected chi connectivity index (χ4v) is 6.13. The molecule has 1 aliphatic carbocycles. The Morgan fingerprint density at radius 1 is 0.971 bits per heavy atom. The van der Waals surface area contributed by atoms with E-state index in [0.29, 0.717) is 0 Å². The first-order chi connectivity index (χ1) is 16.3. The van der Waals surface area contributed by atoms with Crippen LogP contribution in [0.4, 0.5) is 5.69 Å². The number of hydrogen-bond acceptors (Lipinski definition) is 3. The average molecular weight is 517 g/mol. The highest BCUT2D eigenvalue weighted by Crippen LogP contribution is 2.35. The molecule has 0 heterocycles. The lowest BCUT2D eigenvalue weighted by molar-refractivity contribution is -0.120. The molecule has 1 atom stereocenters. The van der Waals surface area contributed by atoms with Gasteiger partial charge in [-0.25, -0.2) is 8.42 Å². The van der Waals surface area contributed by atoms with Crippen molar-refractivity contribution in [2.45, 2.75) is 43.5 Å². The van der Waals surface area contributed by atoms with Crippen molar-refractivity contribution in [3.05, 3.63) is 93.5 Å². The molecule has 5 nitrogen and oxygen atoms in total. The molecular formula is C26H26Cl2N2O3S.